The fourth-order valence-electron chi connectivity index (χ4n) is 4.43. The molecule has 1 aliphatic rings. The number of halogens is 1. The maximum atomic E-state index is 15.3. The van der Waals surface area contributed by atoms with Crippen LogP contribution in [0, 0.1) is 18.2 Å². The molecule has 1 aliphatic heterocycles. The molecule has 40 heavy (non-hydrogen) atoms. The number of aromatic nitrogens is 1. The number of nitrogens with zero attached hydrogens (tertiary/aromatic N) is 2. The second-order valence-electron chi connectivity index (χ2n) is 11.2. The van der Waals surface area contributed by atoms with Gasteiger partial charge in [-0.15, -0.1) is 0 Å². The molecule has 2 aromatic carbocycles. The van der Waals surface area contributed by atoms with Gasteiger partial charge in [-0.25, -0.2) is 4.39 Å². The fourth-order valence-corrected chi connectivity index (χ4v) is 4.43. The lowest BCUT2D eigenvalue weighted by molar-refractivity contribution is -0.119. The van der Waals surface area contributed by atoms with E-state index < -0.39 is 11.7 Å². The summed E-state index contributed by atoms with van der Waals surface area (Å²) in [6.45, 7) is 9.53. The highest BCUT2D eigenvalue weighted by Crippen LogP contribution is 2.34. The number of nitrogens with one attached hydrogen (secondary N) is 3. The van der Waals surface area contributed by atoms with E-state index in [2.05, 4.69) is 27.6 Å². The second kappa shape index (κ2) is 12.5. The van der Waals surface area contributed by atoms with Gasteiger partial charge in [-0.2, -0.15) is 0 Å². The van der Waals surface area contributed by atoms with Crippen molar-refractivity contribution >= 4 is 23.0 Å². The first kappa shape index (κ1) is 29.0. The van der Waals surface area contributed by atoms with Crippen LogP contribution in [0.1, 0.15) is 44.7 Å². The average Bonchev–Trinajstić information content (AvgIpc) is 2.92. The van der Waals surface area contributed by atoms with Crippen molar-refractivity contribution in [2.45, 2.75) is 58.6 Å². The van der Waals surface area contributed by atoms with Crippen molar-refractivity contribution in [1.29, 1.82) is 5.41 Å². The first-order valence-electron chi connectivity index (χ1n) is 13.5. The van der Waals surface area contributed by atoms with E-state index in [1.54, 1.807) is 37.5 Å². The Bertz CT molecular complexity index is 1410. The van der Waals surface area contributed by atoms with Crippen molar-refractivity contribution in [1.82, 2.24) is 20.5 Å². The van der Waals surface area contributed by atoms with Gasteiger partial charge in [0.15, 0.2) is 0 Å². The first-order chi connectivity index (χ1) is 19.0. The van der Waals surface area contributed by atoms with E-state index in [1.165, 1.54) is 0 Å². The monoisotopic (exact) mass is 547 g/mol. The zero-order chi connectivity index (χ0) is 28.9. The van der Waals surface area contributed by atoms with Crippen LogP contribution in [0.3, 0.4) is 0 Å². The van der Waals surface area contributed by atoms with Crippen molar-refractivity contribution in [3.05, 3.63) is 71.4 Å². The Morgan fingerprint density at radius 2 is 1.93 bits per heavy atom. The molecular formula is C31H38FN5O3. The van der Waals surface area contributed by atoms with Gasteiger partial charge in [0.2, 0.25) is 5.91 Å². The summed E-state index contributed by atoms with van der Waals surface area (Å²) in [6.07, 6.45) is 6.19. The Morgan fingerprint density at radius 3 is 2.62 bits per heavy atom. The Morgan fingerprint density at radius 1 is 1.18 bits per heavy atom. The van der Waals surface area contributed by atoms with Crippen molar-refractivity contribution in [2.75, 3.05) is 20.1 Å². The van der Waals surface area contributed by atoms with Gasteiger partial charge in [-0.3, -0.25) is 9.78 Å². The molecule has 0 bridgehead atoms. The van der Waals surface area contributed by atoms with Crippen LogP contribution in [-0.2, 0) is 11.2 Å². The van der Waals surface area contributed by atoms with Gasteiger partial charge in [-0.05, 0) is 83.5 Å². The Balaban J connectivity index is 1.49. The normalized spacial score (nSPS) is 15.1. The number of fused-ring (bicyclic) bond motifs is 1. The van der Waals surface area contributed by atoms with E-state index >= 15 is 4.39 Å². The highest BCUT2D eigenvalue weighted by Gasteiger charge is 2.19. The maximum Gasteiger partial charge on any atom is 0.228 e. The number of allylic oxidation sites excluding steroid dienone is 1. The van der Waals surface area contributed by atoms with Crippen LogP contribution in [-0.4, -0.2) is 53.8 Å². The second-order valence-corrected chi connectivity index (χ2v) is 11.2. The van der Waals surface area contributed by atoms with Crippen molar-refractivity contribution in [3.63, 3.8) is 0 Å². The molecule has 2 heterocycles. The van der Waals surface area contributed by atoms with Crippen LogP contribution < -0.4 is 20.1 Å². The minimum atomic E-state index is -0.509. The molecular weight excluding hydrogens is 509 g/mol. The number of likely N-dealkylation sites (tertiary alicyclic amines) is 1. The van der Waals surface area contributed by atoms with Gasteiger partial charge in [0, 0.05) is 48.2 Å². The molecule has 0 aliphatic carbocycles. The predicted molar refractivity (Wildman–Crippen MR) is 156 cm³/mol. The standard InChI is InChI=1S/C31H38FN5O3/c1-20-27(9-6-21(30(20)32)16-29(38)36-22(18-33)19-35-31(2,3)4)40-28-10-13-34-26-8-7-24(17-25(26)28)39-23-11-14-37(5)15-12-23/h6-10,13,17-19,23,33,35H,11-12,14-16H2,1-5H3,(H,36,38)/b22-19+,33-18?. The zero-order valence-corrected chi connectivity index (χ0v) is 23.8. The summed E-state index contributed by atoms with van der Waals surface area (Å²) in [7, 11) is 2.12. The number of hydrogen-bond acceptors (Lipinski definition) is 7. The molecule has 0 unspecified atom stereocenters. The summed E-state index contributed by atoms with van der Waals surface area (Å²) < 4.78 is 27.8. The van der Waals surface area contributed by atoms with E-state index in [1.807, 2.05) is 39.0 Å². The lowest BCUT2D eigenvalue weighted by Crippen LogP contribution is -2.35. The number of ether oxygens (including phenoxy) is 2. The van der Waals surface area contributed by atoms with Crippen LogP contribution in [0.25, 0.3) is 10.9 Å². The molecule has 1 saturated heterocycles. The molecule has 212 valence electrons. The summed E-state index contributed by atoms with van der Waals surface area (Å²) >= 11 is 0. The molecule has 1 fully saturated rings. The van der Waals surface area contributed by atoms with Gasteiger partial charge >= 0.3 is 0 Å². The summed E-state index contributed by atoms with van der Waals surface area (Å²) in [5.74, 6) is 0.713. The maximum absolute atomic E-state index is 15.3. The lowest BCUT2D eigenvalue weighted by atomic mass is 10.1. The molecule has 0 spiro atoms. The Hall–Kier alpha value is -3.98. The number of carbonyl (C=O) groups is 1. The van der Waals surface area contributed by atoms with E-state index in [-0.39, 0.29) is 23.6 Å². The molecule has 4 rings (SSSR count). The molecule has 3 N–H and O–H groups in total. The molecule has 9 heteroatoms. The Labute approximate surface area is 235 Å². The smallest absolute Gasteiger partial charge is 0.228 e. The highest BCUT2D eigenvalue weighted by molar-refractivity contribution is 5.88. The molecule has 0 atom stereocenters. The van der Waals surface area contributed by atoms with Gasteiger partial charge in [0.05, 0.1) is 17.6 Å². The van der Waals surface area contributed by atoms with Gasteiger partial charge < -0.3 is 30.4 Å². The van der Waals surface area contributed by atoms with Gasteiger partial charge in [-0.1, -0.05) is 6.07 Å². The third-order valence-electron chi connectivity index (χ3n) is 6.73. The van der Waals surface area contributed by atoms with Crippen molar-refractivity contribution in [3.8, 4) is 17.2 Å². The minimum Gasteiger partial charge on any atom is -0.490 e. The predicted octanol–water partition coefficient (Wildman–Crippen LogP) is 5.49. The quantitative estimate of drug-likeness (QED) is 0.307. The summed E-state index contributed by atoms with van der Waals surface area (Å²) in [6, 6.07) is 10.7. The zero-order valence-electron chi connectivity index (χ0n) is 23.8. The number of piperidine rings is 1. The van der Waals surface area contributed by atoms with E-state index in [4.69, 9.17) is 14.9 Å². The van der Waals surface area contributed by atoms with E-state index in [0.29, 0.717) is 22.8 Å². The molecule has 0 saturated carbocycles. The van der Waals surface area contributed by atoms with Gasteiger partial charge in [0.25, 0.3) is 0 Å². The molecule has 1 aromatic heterocycles. The van der Waals surface area contributed by atoms with Crippen LogP contribution in [0.15, 0.2) is 54.5 Å². The summed E-state index contributed by atoms with van der Waals surface area (Å²) in [5.41, 5.74) is 1.35. The van der Waals surface area contributed by atoms with Crippen molar-refractivity contribution in [2.24, 2.45) is 0 Å². The van der Waals surface area contributed by atoms with E-state index in [0.717, 1.165) is 48.8 Å². The van der Waals surface area contributed by atoms with Crippen molar-refractivity contribution < 1.29 is 18.7 Å². The number of pyridine rings is 1. The van der Waals surface area contributed by atoms with Crippen LogP contribution in [0.2, 0.25) is 0 Å². The topological polar surface area (TPSA) is 99.6 Å². The number of carbonyl (C=O) groups excluding carboxylic acids is 1. The molecule has 1 amide bonds. The van der Waals surface area contributed by atoms with Crippen LogP contribution in [0.5, 0.6) is 17.2 Å². The number of hydrogen-bond donors (Lipinski definition) is 3. The first-order valence-corrected chi connectivity index (χ1v) is 13.5. The van der Waals surface area contributed by atoms with E-state index in [9.17, 15) is 4.79 Å². The summed E-state index contributed by atoms with van der Waals surface area (Å²) in [5, 5.41) is 14.1. The third kappa shape index (κ3) is 7.57. The molecule has 8 nitrogen and oxygen atoms in total. The Kier molecular flexibility index (Phi) is 9.04. The number of benzene rings is 2. The largest absolute Gasteiger partial charge is 0.490 e. The SMILES string of the molecule is Cc1c(Oc2ccnc3ccc(OC4CCN(C)CC4)cc23)ccc(CC(=O)N/C(C=N)=C/NC(C)(C)C)c1F. The number of rotatable bonds is 9. The number of amides is 1. The average molecular weight is 548 g/mol. The van der Waals surface area contributed by atoms with Gasteiger partial charge in [0.1, 0.15) is 29.2 Å². The minimum absolute atomic E-state index is 0.163. The highest BCUT2D eigenvalue weighted by atomic mass is 19.1. The molecule has 3 aromatic rings. The summed E-state index contributed by atoms with van der Waals surface area (Å²) in [4.78, 5) is 19.3. The lowest BCUT2D eigenvalue weighted by Gasteiger charge is -2.29. The third-order valence-corrected chi connectivity index (χ3v) is 6.73. The molecule has 0 radical (unpaired) electrons. The van der Waals surface area contributed by atoms with Crippen LogP contribution >= 0.6 is 0 Å². The fraction of sp³-hybridized carbons (Fsp3) is 0.387. The van der Waals surface area contributed by atoms with Crippen LogP contribution in [0.4, 0.5) is 4.39 Å².